The quantitative estimate of drug-likeness (QED) is 0.812. The lowest BCUT2D eigenvalue weighted by Gasteiger charge is -2.07. The van der Waals surface area contributed by atoms with E-state index < -0.39 is 0 Å². The van der Waals surface area contributed by atoms with Crippen LogP contribution in [0.1, 0.15) is 20.3 Å². The Morgan fingerprint density at radius 3 is 2.71 bits per heavy atom. The molecule has 80 valence electrons. The van der Waals surface area contributed by atoms with Crippen LogP contribution in [0.25, 0.3) is 0 Å². The fraction of sp³-hybridized carbons (Fsp3) is 0.444. The first kappa shape index (κ1) is 13.7. The summed E-state index contributed by atoms with van der Waals surface area (Å²) in [7, 11) is 0. The minimum Gasteiger partial charge on any atom is -0.322 e. The van der Waals surface area contributed by atoms with Gasteiger partial charge in [0.2, 0.25) is 5.91 Å². The maximum atomic E-state index is 11.0. The van der Waals surface area contributed by atoms with E-state index in [4.69, 9.17) is 5.73 Å². The fourth-order valence-corrected chi connectivity index (χ4v) is 1.92. The molecule has 0 radical (unpaired) electrons. The van der Waals surface area contributed by atoms with Gasteiger partial charge in [-0.1, -0.05) is 30.8 Å². The first-order chi connectivity index (χ1) is 6.63. The summed E-state index contributed by atoms with van der Waals surface area (Å²) in [5, 5.41) is 3.54. The van der Waals surface area contributed by atoms with Gasteiger partial charge in [-0.15, -0.1) is 0 Å². The molecule has 0 fully saturated rings. The lowest BCUT2D eigenvalue weighted by molar-refractivity contribution is -0.118. The van der Waals surface area contributed by atoms with Crippen molar-refractivity contribution in [3.05, 3.63) is 21.0 Å². The Labute approximate surface area is 97.3 Å². The Morgan fingerprint density at radius 2 is 2.29 bits per heavy atom. The number of hydrogen-bond acceptors (Lipinski definition) is 3. The molecular weight excluding hydrogens is 264 g/mol. The topological polar surface area (TPSA) is 55.1 Å². The standard InChI is InChI=1S/C9H15BrN2OS/c1-3-5-9(12-8(13)6-11)14-7(10)4-2/h4-5H,3,6,11H2,1-2H3,(H,12,13)/b7-4-,9-5+. The van der Waals surface area contributed by atoms with Gasteiger partial charge in [-0.05, 0) is 29.3 Å². The van der Waals surface area contributed by atoms with Crippen LogP contribution in [0.4, 0.5) is 0 Å². The van der Waals surface area contributed by atoms with Gasteiger partial charge in [0, 0.05) is 0 Å². The van der Waals surface area contributed by atoms with Crippen LogP contribution in [-0.4, -0.2) is 12.5 Å². The van der Waals surface area contributed by atoms with E-state index in [9.17, 15) is 4.79 Å². The number of nitrogens with two attached hydrogens (primary N) is 1. The Hall–Kier alpha value is -0.260. The molecular formula is C9H15BrN2OS. The van der Waals surface area contributed by atoms with E-state index in [0.717, 1.165) is 15.3 Å². The molecule has 0 aliphatic carbocycles. The van der Waals surface area contributed by atoms with Crippen molar-refractivity contribution < 1.29 is 4.79 Å². The van der Waals surface area contributed by atoms with Crippen molar-refractivity contribution in [3.8, 4) is 0 Å². The van der Waals surface area contributed by atoms with E-state index in [1.54, 1.807) is 0 Å². The molecule has 0 bridgehead atoms. The highest BCUT2D eigenvalue weighted by Gasteiger charge is 2.03. The fourth-order valence-electron chi connectivity index (χ4n) is 0.656. The molecule has 0 heterocycles. The second kappa shape index (κ2) is 8.08. The predicted octanol–water partition coefficient (Wildman–Crippen LogP) is 2.30. The predicted molar refractivity (Wildman–Crippen MR) is 65.8 cm³/mol. The maximum absolute atomic E-state index is 11.0. The van der Waals surface area contributed by atoms with Gasteiger partial charge in [0.05, 0.1) is 15.4 Å². The number of thioether (sulfide) groups is 1. The third-order valence-electron chi connectivity index (χ3n) is 1.27. The minimum absolute atomic E-state index is 0.00900. The highest BCUT2D eigenvalue weighted by atomic mass is 79.9. The molecule has 3 nitrogen and oxygen atoms in total. The maximum Gasteiger partial charge on any atom is 0.238 e. The number of hydrogen-bond donors (Lipinski definition) is 2. The molecule has 14 heavy (non-hydrogen) atoms. The van der Waals surface area contributed by atoms with Gasteiger partial charge in [-0.3, -0.25) is 4.79 Å². The molecule has 0 aliphatic rings. The van der Waals surface area contributed by atoms with Crippen molar-refractivity contribution >= 4 is 33.6 Å². The summed E-state index contributed by atoms with van der Waals surface area (Å²) in [6.45, 7) is 3.94. The van der Waals surface area contributed by atoms with E-state index in [1.807, 2.05) is 26.0 Å². The smallest absolute Gasteiger partial charge is 0.238 e. The summed E-state index contributed by atoms with van der Waals surface area (Å²) in [5.74, 6) is -0.173. The molecule has 0 aliphatic heterocycles. The third kappa shape index (κ3) is 6.23. The number of amides is 1. The molecule has 5 heteroatoms. The molecule has 0 aromatic carbocycles. The zero-order valence-electron chi connectivity index (χ0n) is 8.34. The van der Waals surface area contributed by atoms with E-state index in [1.165, 1.54) is 11.8 Å². The van der Waals surface area contributed by atoms with E-state index >= 15 is 0 Å². The third-order valence-corrected chi connectivity index (χ3v) is 3.13. The number of rotatable bonds is 5. The molecule has 0 saturated carbocycles. The molecule has 0 saturated heterocycles. The Bertz CT molecular complexity index is 251. The first-order valence-electron chi connectivity index (χ1n) is 4.33. The molecule has 0 spiro atoms. The molecule has 0 unspecified atom stereocenters. The van der Waals surface area contributed by atoms with Crippen LogP contribution >= 0.6 is 27.7 Å². The monoisotopic (exact) mass is 278 g/mol. The Morgan fingerprint density at radius 1 is 1.64 bits per heavy atom. The SMILES string of the molecule is C/C=C(/Br)S/C(=C/CC)NC(=O)CN. The van der Waals surface area contributed by atoms with E-state index in [2.05, 4.69) is 21.2 Å². The molecule has 0 aromatic heterocycles. The van der Waals surface area contributed by atoms with Crippen LogP contribution in [0.3, 0.4) is 0 Å². The first-order valence-corrected chi connectivity index (χ1v) is 5.94. The largest absolute Gasteiger partial charge is 0.322 e. The summed E-state index contributed by atoms with van der Waals surface area (Å²) in [6.07, 6.45) is 4.74. The van der Waals surface area contributed by atoms with Gasteiger partial charge < -0.3 is 11.1 Å². The summed E-state index contributed by atoms with van der Waals surface area (Å²) >= 11 is 4.82. The highest BCUT2D eigenvalue weighted by Crippen LogP contribution is 2.28. The normalized spacial score (nSPS) is 12.9. The van der Waals surface area contributed by atoms with Crippen LogP contribution in [0, 0.1) is 0 Å². The van der Waals surface area contributed by atoms with Gasteiger partial charge in [0.25, 0.3) is 0 Å². The second-order valence-electron chi connectivity index (χ2n) is 2.42. The summed E-state index contributed by atoms with van der Waals surface area (Å²) < 4.78 is 0.967. The molecule has 0 aromatic rings. The Balaban J connectivity index is 4.31. The van der Waals surface area contributed by atoms with Crippen molar-refractivity contribution in [2.75, 3.05) is 6.54 Å². The zero-order chi connectivity index (χ0) is 11.0. The molecule has 0 rings (SSSR count). The van der Waals surface area contributed by atoms with Gasteiger partial charge in [0.1, 0.15) is 0 Å². The average Bonchev–Trinajstić information content (AvgIpc) is 2.17. The summed E-state index contributed by atoms with van der Waals surface area (Å²) in [5.41, 5.74) is 5.20. The van der Waals surface area contributed by atoms with Crippen molar-refractivity contribution in [2.24, 2.45) is 5.73 Å². The number of halogens is 1. The molecule has 1 amide bonds. The Kier molecular flexibility index (Phi) is 7.93. The highest BCUT2D eigenvalue weighted by molar-refractivity contribution is 9.14. The number of carbonyl (C=O) groups is 1. The average molecular weight is 279 g/mol. The number of nitrogens with one attached hydrogen (secondary N) is 1. The van der Waals surface area contributed by atoms with Gasteiger partial charge >= 0.3 is 0 Å². The van der Waals surface area contributed by atoms with Gasteiger partial charge in [-0.25, -0.2) is 0 Å². The summed E-state index contributed by atoms with van der Waals surface area (Å²) in [4.78, 5) is 11.0. The number of carbonyl (C=O) groups excluding carboxylic acids is 1. The molecule has 3 N–H and O–H groups in total. The van der Waals surface area contributed by atoms with Crippen LogP contribution in [0.15, 0.2) is 21.0 Å². The van der Waals surface area contributed by atoms with Crippen molar-refractivity contribution in [3.63, 3.8) is 0 Å². The van der Waals surface area contributed by atoms with Crippen molar-refractivity contribution in [1.82, 2.24) is 5.32 Å². The van der Waals surface area contributed by atoms with Gasteiger partial charge in [-0.2, -0.15) is 0 Å². The van der Waals surface area contributed by atoms with Crippen molar-refractivity contribution in [2.45, 2.75) is 20.3 Å². The lowest BCUT2D eigenvalue weighted by atomic mass is 10.4. The zero-order valence-corrected chi connectivity index (χ0v) is 10.7. The summed E-state index contributed by atoms with van der Waals surface area (Å²) in [6, 6.07) is 0. The molecule has 0 atom stereocenters. The van der Waals surface area contributed by atoms with E-state index in [0.29, 0.717) is 0 Å². The van der Waals surface area contributed by atoms with Gasteiger partial charge in [0.15, 0.2) is 0 Å². The van der Waals surface area contributed by atoms with Crippen LogP contribution in [0.2, 0.25) is 0 Å². The van der Waals surface area contributed by atoms with Crippen LogP contribution in [0.5, 0.6) is 0 Å². The van der Waals surface area contributed by atoms with E-state index in [-0.39, 0.29) is 12.5 Å². The van der Waals surface area contributed by atoms with Crippen LogP contribution < -0.4 is 11.1 Å². The lowest BCUT2D eigenvalue weighted by Crippen LogP contribution is -2.28. The second-order valence-corrected chi connectivity index (χ2v) is 4.89. The van der Waals surface area contributed by atoms with Crippen LogP contribution in [-0.2, 0) is 4.79 Å². The minimum atomic E-state index is -0.173. The van der Waals surface area contributed by atoms with Crippen molar-refractivity contribution in [1.29, 1.82) is 0 Å². The number of allylic oxidation sites excluding steroid dienone is 2.